The van der Waals surface area contributed by atoms with Gasteiger partial charge in [-0.1, -0.05) is 27.7 Å². The largest absolute Gasteiger partial charge is 0.228 e. The van der Waals surface area contributed by atoms with Crippen molar-refractivity contribution in [3.05, 3.63) is 0 Å². The highest BCUT2D eigenvalue weighted by Crippen LogP contribution is 2.21. The fourth-order valence-electron chi connectivity index (χ4n) is 0.711. The molecule has 0 aromatic heterocycles. The third-order valence-corrected chi connectivity index (χ3v) is 2.98. The first-order valence-corrected chi connectivity index (χ1v) is 6.82. The first-order chi connectivity index (χ1) is 8.13. The molecule has 0 heterocycles. The molecule has 0 rings (SSSR count). The Hall–Kier alpha value is -0.160. The quantitative estimate of drug-likeness (QED) is 0.354. The summed E-state index contributed by atoms with van der Waals surface area (Å²) in [7, 11) is 0. The number of rotatable bonds is 9. The van der Waals surface area contributed by atoms with Crippen LogP contribution in [0.15, 0.2) is 0 Å². The van der Waals surface area contributed by atoms with Crippen molar-refractivity contribution in [3.63, 3.8) is 0 Å². The van der Waals surface area contributed by atoms with Gasteiger partial charge in [-0.25, -0.2) is 19.6 Å². The van der Waals surface area contributed by atoms with Crippen LogP contribution in [0.4, 0.5) is 0 Å². The van der Waals surface area contributed by atoms with Gasteiger partial charge in [-0.15, -0.1) is 0 Å². The number of hydrogen-bond donors (Lipinski definition) is 0. The van der Waals surface area contributed by atoms with E-state index in [9.17, 15) is 0 Å². The molecule has 0 N–H and O–H groups in total. The molecule has 0 fully saturated rings. The van der Waals surface area contributed by atoms with Crippen molar-refractivity contribution in [2.45, 2.75) is 85.7 Å². The minimum absolute atomic E-state index is 0.144. The predicted octanol–water partition coefficient (Wildman–Crippen LogP) is 4.24. The van der Waals surface area contributed by atoms with E-state index < -0.39 is 6.29 Å². The fraction of sp³-hybridized carbons (Fsp3) is 1.00. The molecule has 0 aliphatic rings. The van der Waals surface area contributed by atoms with E-state index in [1.807, 2.05) is 55.4 Å². The maximum absolute atomic E-state index is 5.40. The molecule has 4 heteroatoms. The molecule has 4 nitrogen and oxygen atoms in total. The maximum atomic E-state index is 5.40. The van der Waals surface area contributed by atoms with E-state index in [1.54, 1.807) is 0 Å². The zero-order valence-corrected chi connectivity index (χ0v) is 13.2. The van der Waals surface area contributed by atoms with Crippen LogP contribution in [0.3, 0.4) is 0 Å². The Morgan fingerprint density at radius 3 is 1.33 bits per heavy atom. The monoisotopic (exact) mass is 262 g/mol. The van der Waals surface area contributed by atoms with Gasteiger partial charge in [-0.05, 0) is 40.5 Å². The molecule has 110 valence electrons. The second kappa shape index (κ2) is 7.43. The zero-order chi connectivity index (χ0) is 14.4. The van der Waals surface area contributed by atoms with Crippen molar-refractivity contribution >= 4 is 0 Å². The van der Waals surface area contributed by atoms with Crippen LogP contribution in [-0.2, 0) is 19.6 Å². The maximum Gasteiger partial charge on any atom is 0.226 e. The molecule has 0 atom stereocenters. The van der Waals surface area contributed by atoms with E-state index in [0.29, 0.717) is 0 Å². The van der Waals surface area contributed by atoms with Crippen molar-refractivity contribution in [1.82, 2.24) is 0 Å². The Morgan fingerprint density at radius 1 is 0.778 bits per heavy atom. The van der Waals surface area contributed by atoms with Crippen molar-refractivity contribution in [2.75, 3.05) is 0 Å². The molecule has 0 aromatic carbocycles. The topological polar surface area (TPSA) is 36.9 Å². The van der Waals surface area contributed by atoms with Gasteiger partial charge in [0.05, 0.1) is 11.2 Å². The summed E-state index contributed by atoms with van der Waals surface area (Å²) >= 11 is 0. The molecule has 0 unspecified atom stereocenters. The molecule has 0 aliphatic heterocycles. The van der Waals surface area contributed by atoms with Gasteiger partial charge in [0, 0.05) is 5.92 Å². The average molecular weight is 262 g/mol. The lowest BCUT2D eigenvalue weighted by atomic mass is 10.1. The standard InChI is InChI=1S/C14H30O4/c1-9-13(5,6)17-15-12(11(3)4)16-18-14(7,8)10-2/h11-12H,9-10H2,1-8H3. The highest BCUT2D eigenvalue weighted by molar-refractivity contribution is 4.63. The van der Waals surface area contributed by atoms with E-state index >= 15 is 0 Å². The Labute approximate surface area is 112 Å². The second-order valence-corrected chi connectivity index (χ2v) is 6.20. The summed E-state index contributed by atoms with van der Waals surface area (Å²) in [6, 6.07) is 0. The molecule has 0 radical (unpaired) electrons. The van der Waals surface area contributed by atoms with E-state index in [0.717, 1.165) is 12.8 Å². The molecule has 0 bridgehead atoms. The van der Waals surface area contributed by atoms with Crippen molar-refractivity contribution in [1.29, 1.82) is 0 Å². The van der Waals surface area contributed by atoms with Crippen molar-refractivity contribution in [3.8, 4) is 0 Å². The lowest BCUT2D eigenvalue weighted by Gasteiger charge is -2.29. The smallest absolute Gasteiger partial charge is 0.226 e. The highest BCUT2D eigenvalue weighted by Gasteiger charge is 2.26. The van der Waals surface area contributed by atoms with Gasteiger partial charge in [-0.2, -0.15) is 0 Å². The third kappa shape index (κ3) is 7.31. The molecule has 0 saturated heterocycles. The lowest BCUT2D eigenvalue weighted by Crippen LogP contribution is -2.34. The molecular formula is C14H30O4. The molecule has 0 aromatic rings. The van der Waals surface area contributed by atoms with E-state index in [2.05, 4.69) is 0 Å². The van der Waals surface area contributed by atoms with Gasteiger partial charge in [-0.3, -0.25) is 0 Å². The van der Waals surface area contributed by atoms with E-state index in [4.69, 9.17) is 19.6 Å². The second-order valence-electron chi connectivity index (χ2n) is 6.20. The summed E-state index contributed by atoms with van der Waals surface area (Å²) in [6.45, 7) is 16.0. The van der Waals surface area contributed by atoms with Gasteiger partial charge in [0.15, 0.2) is 0 Å². The summed E-state index contributed by atoms with van der Waals surface area (Å²) in [6.07, 6.45) is 1.19. The van der Waals surface area contributed by atoms with E-state index in [1.165, 1.54) is 0 Å². The van der Waals surface area contributed by atoms with Crippen LogP contribution in [0.25, 0.3) is 0 Å². The van der Waals surface area contributed by atoms with Crippen LogP contribution in [0, 0.1) is 5.92 Å². The Balaban J connectivity index is 4.25. The fourth-order valence-corrected chi connectivity index (χ4v) is 0.711. The Morgan fingerprint density at radius 2 is 1.11 bits per heavy atom. The van der Waals surface area contributed by atoms with Crippen LogP contribution < -0.4 is 0 Å². The summed E-state index contributed by atoms with van der Waals surface area (Å²) in [5.74, 6) is 0.144. The Bertz CT molecular complexity index is 204. The van der Waals surface area contributed by atoms with Gasteiger partial charge < -0.3 is 0 Å². The van der Waals surface area contributed by atoms with Gasteiger partial charge >= 0.3 is 0 Å². The first-order valence-electron chi connectivity index (χ1n) is 6.82. The summed E-state index contributed by atoms with van der Waals surface area (Å²) < 4.78 is 0. The predicted molar refractivity (Wildman–Crippen MR) is 71.7 cm³/mol. The molecule has 18 heavy (non-hydrogen) atoms. The SMILES string of the molecule is CCC(C)(C)OOC(OOC(C)(C)CC)C(C)C. The van der Waals surface area contributed by atoms with Crippen LogP contribution in [0.5, 0.6) is 0 Å². The van der Waals surface area contributed by atoms with Gasteiger partial charge in [0.1, 0.15) is 0 Å². The molecule has 0 saturated carbocycles. The van der Waals surface area contributed by atoms with Crippen LogP contribution in [0.1, 0.15) is 68.2 Å². The minimum atomic E-state index is -0.526. The van der Waals surface area contributed by atoms with Gasteiger partial charge in [0.2, 0.25) is 6.29 Å². The summed E-state index contributed by atoms with van der Waals surface area (Å²) in [4.78, 5) is 21.5. The molecule has 0 spiro atoms. The third-order valence-electron chi connectivity index (χ3n) is 2.98. The van der Waals surface area contributed by atoms with E-state index in [-0.39, 0.29) is 17.1 Å². The first kappa shape index (κ1) is 17.8. The Kier molecular flexibility index (Phi) is 7.37. The normalized spacial score (nSPS) is 13.7. The summed E-state index contributed by atoms with van der Waals surface area (Å²) in [5, 5.41) is 0. The minimum Gasteiger partial charge on any atom is -0.228 e. The van der Waals surface area contributed by atoms with Crippen LogP contribution >= 0.6 is 0 Å². The van der Waals surface area contributed by atoms with Crippen LogP contribution in [-0.4, -0.2) is 17.5 Å². The molecule has 0 aliphatic carbocycles. The highest BCUT2D eigenvalue weighted by atomic mass is 17.3. The summed E-state index contributed by atoms with van der Waals surface area (Å²) in [5.41, 5.74) is -0.645. The zero-order valence-electron chi connectivity index (χ0n) is 13.2. The van der Waals surface area contributed by atoms with Crippen molar-refractivity contribution < 1.29 is 19.6 Å². The lowest BCUT2D eigenvalue weighted by molar-refractivity contribution is -0.507. The van der Waals surface area contributed by atoms with Crippen molar-refractivity contribution in [2.24, 2.45) is 5.92 Å². The molecular weight excluding hydrogens is 232 g/mol. The molecule has 0 amide bonds. The van der Waals surface area contributed by atoms with Crippen LogP contribution in [0.2, 0.25) is 0 Å². The number of hydrogen-bond acceptors (Lipinski definition) is 4. The van der Waals surface area contributed by atoms with Gasteiger partial charge in [0.25, 0.3) is 0 Å². The average Bonchev–Trinajstić information content (AvgIpc) is 2.28.